The Morgan fingerprint density at radius 3 is 2.48 bits per heavy atom. The number of benzene rings is 1. The van der Waals surface area contributed by atoms with Crippen LogP contribution in [-0.4, -0.2) is 81.0 Å². The molecule has 2 aliphatic rings. The number of ether oxygens (including phenoxy) is 2. The van der Waals surface area contributed by atoms with Gasteiger partial charge < -0.3 is 24.2 Å². The Morgan fingerprint density at radius 2 is 1.85 bits per heavy atom. The van der Waals surface area contributed by atoms with Crippen molar-refractivity contribution in [1.82, 2.24) is 9.80 Å². The van der Waals surface area contributed by atoms with E-state index in [0.717, 1.165) is 57.9 Å². The smallest absolute Gasteiger partial charge is 0.410 e. The van der Waals surface area contributed by atoms with Crippen molar-refractivity contribution in [2.75, 3.05) is 57.9 Å². The number of likely N-dealkylation sites (tertiary alicyclic amines) is 1. The van der Waals surface area contributed by atoms with E-state index in [1.807, 2.05) is 11.8 Å². The zero-order valence-electron chi connectivity index (χ0n) is 16.3. The number of hydrogen-bond donors (Lipinski definition) is 0. The molecule has 2 saturated heterocycles. The lowest BCUT2D eigenvalue weighted by Gasteiger charge is -2.41. The number of carbonyl (C=O) groups is 1. The average Bonchev–Trinajstić information content (AvgIpc) is 2.68. The van der Waals surface area contributed by atoms with Crippen LogP contribution in [0.5, 0.6) is 0 Å². The van der Waals surface area contributed by atoms with Gasteiger partial charge in [-0.05, 0) is 44.0 Å². The molecule has 6 nitrogen and oxygen atoms in total. The zero-order chi connectivity index (χ0) is 19.2. The van der Waals surface area contributed by atoms with E-state index in [9.17, 15) is 9.18 Å². The fourth-order valence-corrected chi connectivity index (χ4v) is 3.80. The quantitative estimate of drug-likeness (QED) is 0.787. The van der Waals surface area contributed by atoms with Gasteiger partial charge >= 0.3 is 6.09 Å². The summed E-state index contributed by atoms with van der Waals surface area (Å²) in [5, 5.41) is 0. The van der Waals surface area contributed by atoms with E-state index in [1.54, 1.807) is 19.2 Å². The molecule has 1 atom stereocenters. The van der Waals surface area contributed by atoms with Crippen LogP contribution >= 0.6 is 0 Å². The Labute approximate surface area is 160 Å². The summed E-state index contributed by atoms with van der Waals surface area (Å²) in [7, 11) is 1.71. The molecule has 0 spiro atoms. The van der Waals surface area contributed by atoms with E-state index in [0.29, 0.717) is 6.54 Å². The lowest BCUT2D eigenvalue weighted by molar-refractivity contribution is 0.0166. The van der Waals surface area contributed by atoms with Crippen molar-refractivity contribution >= 4 is 11.8 Å². The number of carbonyl (C=O) groups excluding carboxylic acids is 1. The SMILES string of the molecule is COCCN1CCC(OC(=O)N2CCN(c3ccc(F)cc3)CC2C)CC1. The van der Waals surface area contributed by atoms with Gasteiger partial charge in [-0.2, -0.15) is 0 Å². The molecule has 1 amide bonds. The number of hydrogen-bond acceptors (Lipinski definition) is 5. The van der Waals surface area contributed by atoms with E-state index in [4.69, 9.17) is 9.47 Å². The molecule has 0 aromatic heterocycles. The molecule has 2 aliphatic heterocycles. The second-order valence-corrected chi connectivity index (χ2v) is 7.38. The molecule has 3 rings (SSSR count). The van der Waals surface area contributed by atoms with Crippen LogP contribution in [0, 0.1) is 5.82 Å². The van der Waals surface area contributed by atoms with E-state index >= 15 is 0 Å². The molecule has 150 valence electrons. The number of nitrogens with zero attached hydrogens (tertiary/aromatic N) is 3. The molecular formula is C20H30FN3O3. The number of methoxy groups -OCH3 is 1. The second-order valence-electron chi connectivity index (χ2n) is 7.38. The fourth-order valence-electron chi connectivity index (χ4n) is 3.80. The van der Waals surface area contributed by atoms with E-state index < -0.39 is 0 Å². The fraction of sp³-hybridized carbons (Fsp3) is 0.650. The maximum atomic E-state index is 13.1. The molecule has 0 saturated carbocycles. The standard InChI is InChI=1S/C20H30FN3O3/c1-16-15-23(18-5-3-17(21)4-6-18)11-12-24(16)20(25)27-19-7-9-22(10-8-19)13-14-26-2/h3-6,16,19H,7-15H2,1-2H3. The summed E-state index contributed by atoms with van der Waals surface area (Å²) in [4.78, 5) is 19.0. The van der Waals surface area contributed by atoms with Gasteiger partial charge in [-0.1, -0.05) is 0 Å². The van der Waals surface area contributed by atoms with Crippen molar-refractivity contribution < 1.29 is 18.7 Å². The summed E-state index contributed by atoms with van der Waals surface area (Å²) >= 11 is 0. The van der Waals surface area contributed by atoms with E-state index in [2.05, 4.69) is 9.80 Å². The highest BCUT2D eigenvalue weighted by Gasteiger charge is 2.31. The van der Waals surface area contributed by atoms with Crippen LogP contribution in [-0.2, 0) is 9.47 Å². The molecule has 0 aliphatic carbocycles. The first kappa shape index (κ1) is 19.9. The Morgan fingerprint density at radius 1 is 1.15 bits per heavy atom. The summed E-state index contributed by atoms with van der Waals surface area (Å²) in [6, 6.07) is 6.57. The molecule has 2 fully saturated rings. The minimum atomic E-state index is -0.234. The first-order valence-corrected chi connectivity index (χ1v) is 9.76. The van der Waals surface area contributed by atoms with Gasteiger partial charge in [-0.15, -0.1) is 0 Å². The van der Waals surface area contributed by atoms with Gasteiger partial charge in [0, 0.05) is 58.1 Å². The van der Waals surface area contributed by atoms with Gasteiger partial charge in [-0.25, -0.2) is 9.18 Å². The van der Waals surface area contributed by atoms with Gasteiger partial charge in [0.2, 0.25) is 0 Å². The minimum Gasteiger partial charge on any atom is -0.446 e. The summed E-state index contributed by atoms with van der Waals surface area (Å²) in [6.07, 6.45) is 1.54. The summed E-state index contributed by atoms with van der Waals surface area (Å²) in [6.45, 7) is 7.63. The predicted molar refractivity (Wildman–Crippen MR) is 103 cm³/mol. The third-order valence-corrected chi connectivity index (χ3v) is 5.47. The van der Waals surface area contributed by atoms with Crippen LogP contribution < -0.4 is 4.90 Å². The largest absolute Gasteiger partial charge is 0.446 e. The maximum Gasteiger partial charge on any atom is 0.410 e. The van der Waals surface area contributed by atoms with Gasteiger partial charge in [0.1, 0.15) is 11.9 Å². The van der Waals surface area contributed by atoms with Crippen molar-refractivity contribution in [3.8, 4) is 0 Å². The zero-order valence-corrected chi connectivity index (χ0v) is 16.3. The molecule has 27 heavy (non-hydrogen) atoms. The molecule has 0 radical (unpaired) electrons. The molecule has 1 unspecified atom stereocenters. The summed E-state index contributed by atoms with van der Waals surface area (Å²) < 4.78 is 24.0. The molecular weight excluding hydrogens is 349 g/mol. The van der Waals surface area contributed by atoms with Gasteiger partial charge in [0.05, 0.1) is 6.61 Å². The normalized spacial score (nSPS) is 22.1. The lowest BCUT2D eigenvalue weighted by Crippen LogP contribution is -2.55. The lowest BCUT2D eigenvalue weighted by atomic mass is 10.1. The van der Waals surface area contributed by atoms with Crippen LogP contribution in [0.15, 0.2) is 24.3 Å². The number of anilines is 1. The Balaban J connectivity index is 1.45. The maximum absolute atomic E-state index is 13.1. The first-order chi connectivity index (χ1) is 13.1. The predicted octanol–water partition coefficient (Wildman–Crippen LogP) is 2.58. The number of piperazine rings is 1. The van der Waals surface area contributed by atoms with Crippen molar-refractivity contribution in [2.45, 2.75) is 31.9 Å². The van der Waals surface area contributed by atoms with E-state index in [-0.39, 0.29) is 24.1 Å². The molecule has 0 bridgehead atoms. The van der Waals surface area contributed by atoms with Crippen LogP contribution in [0.3, 0.4) is 0 Å². The average molecular weight is 379 g/mol. The molecule has 0 N–H and O–H groups in total. The highest BCUT2D eigenvalue weighted by atomic mass is 19.1. The van der Waals surface area contributed by atoms with Crippen molar-refractivity contribution in [1.29, 1.82) is 0 Å². The Kier molecular flexibility index (Phi) is 6.90. The highest BCUT2D eigenvalue weighted by Crippen LogP contribution is 2.21. The first-order valence-electron chi connectivity index (χ1n) is 9.76. The second kappa shape index (κ2) is 9.37. The third kappa shape index (κ3) is 5.32. The number of amides is 1. The third-order valence-electron chi connectivity index (χ3n) is 5.47. The van der Waals surface area contributed by atoms with Crippen LogP contribution in [0.2, 0.25) is 0 Å². The Bertz CT molecular complexity index is 605. The molecule has 7 heteroatoms. The summed E-state index contributed by atoms with van der Waals surface area (Å²) in [5.74, 6) is -0.234. The van der Waals surface area contributed by atoms with Crippen LogP contribution in [0.25, 0.3) is 0 Å². The van der Waals surface area contributed by atoms with Gasteiger partial charge in [-0.3, -0.25) is 0 Å². The van der Waals surface area contributed by atoms with Crippen molar-refractivity contribution in [3.05, 3.63) is 30.1 Å². The van der Waals surface area contributed by atoms with Gasteiger partial charge in [0.15, 0.2) is 0 Å². The van der Waals surface area contributed by atoms with Crippen LogP contribution in [0.4, 0.5) is 14.9 Å². The van der Waals surface area contributed by atoms with Crippen molar-refractivity contribution in [3.63, 3.8) is 0 Å². The number of rotatable bonds is 5. The molecule has 1 aromatic carbocycles. The highest BCUT2D eigenvalue weighted by molar-refractivity contribution is 5.69. The molecule has 1 aromatic rings. The number of piperidine rings is 1. The number of halogens is 1. The molecule has 2 heterocycles. The van der Waals surface area contributed by atoms with Crippen LogP contribution in [0.1, 0.15) is 19.8 Å². The van der Waals surface area contributed by atoms with Gasteiger partial charge in [0.25, 0.3) is 0 Å². The summed E-state index contributed by atoms with van der Waals surface area (Å²) in [5.41, 5.74) is 0.986. The monoisotopic (exact) mass is 379 g/mol. The Hall–Kier alpha value is -1.86. The van der Waals surface area contributed by atoms with E-state index in [1.165, 1.54) is 12.1 Å². The minimum absolute atomic E-state index is 0.00127. The van der Waals surface area contributed by atoms with Crippen molar-refractivity contribution in [2.24, 2.45) is 0 Å². The topological polar surface area (TPSA) is 45.3 Å².